The van der Waals surface area contributed by atoms with Gasteiger partial charge in [-0.05, 0) is 12.1 Å². The summed E-state index contributed by atoms with van der Waals surface area (Å²) in [5.74, 6) is -0.261. The molecule has 6 nitrogen and oxygen atoms in total. The van der Waals surface area contributed by atoms with Crippen molar-refractivity contribution in [2.24, 2.45) is 0 Å². The van der Waals surface area contributed by atoms with Crippen molar-refractivity contribution >= 4 is 10.1 Å². The van der Waals surface area contributed by atoms with E-state index in [0.29, 0.717) is 12.8 Å². The Labute approximate surface area is 111 Å². The van der Waals surface area contributed by atoms with E-state index in [0.717, 1.165) is 5.69 Å². The summed E-state index contributed by atoms with van der Waals surface area (Å²) in [4.78, 5) is 7.16. The van der Waals surface area contributed by atoms with Crippen molar-refractivity contribution < 1.29 is 17.5 Å². The molecule has 0 saturated heterocycles. The van der Waals surface area contributed by atoms with Gasteiger partial charge in [0, 0.05) is 24.7 Å². The second-order valence-electron chi connectivity index (χ2n) is 4.31. The third kappa shape index (κ3) is 4.46. The van der Waals surface area contributed by atoms with Gasteiger partial charge in [0.25, 0.3) is 10.1 Å². The molecule has 0 spiro atoms. The van der Waals surface area contributed by atoms with Crippen LogP contribution in [0.15, 0.2) is 43.1 Å². The number of H-pyrrole nitrogens is 1. The molecule has 0 bridgehead atoms. The lowest BCUT2D eigenvalue weighted by atomic mass is 10.1. The van der Waals surface area contributed by atoms with E-state index >= 15 is 0 Å². The van der Waals surface area contributed by atoms with Gasteiger partial charge < -0.3 is 0 Å². The molecule has 2 aromatic heterocycles. The minimum Gasteiger partial charge on any atom is -0.286 e. The van der Waals surface area contributed by atoms with Crippen molar-refractivity contribution in [3.63, 3.8) is 0 Å². The van der Waals surface area contributed by atoms with Gasteiger partial charge in [-0.1, -0.05) is 6.07 Å². The Morgan fingerprint density at radius 2 is 2.26 bits per heavy atom. The monoisotopic (exact) mass is 282 g/mol. The van der Waals surface area contributed by atoms with Crippen molar-refractivity contribution in [3.05, 3.63) is 48.8 Å². The van der Waals surface area contributed by atoms with Crippen molar-refractivity contribution in [2.45, 2.75) is 18.9 Å². The van der Waals surface area contributed by atoms with Crippen LogP contribution in [0, 0.1) is 0 Å². The highest BCUT2D eigenvalue weighted by molar-refractivity contribution is 7.85. The van der Waals surface area contributed by atoms with Gasteiger partial charge in [-0.25, -0.2) is 4.57 Å². The molecule has 0 aromatic carbocycles. The van der Waals surface area contributed by atoms with Gasteiger partial charge in [-0.3, -0.25) is 14.5 Å². The van der Waals surface area contributed by atoms with Gasteiger partial charge in [0.05, 0.1) is 5.75 Å². The molecule has 2 N–H and O–H groups in total. The lowest BCUT2D eigenvalue weighted by molar-refractivity contribution is -0.721. The van der Waals surface area contributed by atoms with Crippen molar-refractivity contribution in [1.29, 1.82) is 0 Å². The summed E-state index contributed by atoms with van der Waals surface area (Å²) in [5, 5.41) is 0. The van der Waals surface area contributed by atoms with E-state index < -0.39 is 10.1 Å². The first kappa shape index (κ1) is 13.7. The zero-order chi connectivity index (χ0) is 13.7. The average Bonchev–Trinajstić information content (AvgIpc) is 2.88. The largest absolute Gasteiger partial charge is 0.286 e. The molecule has 0 saturated carbocycles. The third-order valence-electron chi connectivity index (χ3n) is 2.87. The first-order chi connectivity index (χ1) is 9.04. The lowest BCUT2D eigenvalue weighted by Crippen LogP contribution is -2.39. The molecule has 0 radical (unpaired) electrons. The van der Waals surface area contributed by atoms with Gasteiger partial charge in [0.2, 0.25) is 6.33 Å². The Bertz CT molecular complexity index is 596. The van der Waals surface area contributed by atoms with Gasteiger partial charge in [0.15, 0.2) is 0 Å². The number of pyridine rings is 1. The van der Waals surface area contributed by atoms with Crippen LogP contribution in [0.25, 0.3) is 0 Å². The molecule has 0 aliphatic rings. The van der Waals surface area contributed by atoms with Crippen LogP contribution in [0.2, 0.25) is 0 Å². The van der Waals surface area contributed by atoms with Crippen LogP contribution in [0.5, 0.6) is 0 Å². The summed E-state index contributed by atoms with van der Waals surface area (Å²) in [5.41, 5.74) is 0.886. The highest BCUT2D eigenvalue weighted by Crippen LogP contribution is 2.11. The molecule has 0 aliphatic carbocycles. The maximum absolute atomic E-state index is 10.9. The van der Waals surface area contributed by atoms with E-state index in [1.54, 1.807) is 18.7 Å². The summed E-state index contributed by atoms with van der Waals surface area (Å²) in [6.45, 7) is 0. The van der Waals surface area contributed by atoms with Crippen LogP contribution < -0.4 is 4.57 Å². The Balaban J connectivity index is 2.11. The molecule has 2 heterocycles. The topological polar surface area (TPSA) is 86.9 Å². The predicted molar refractivity (Wildman–Crippen MR) is 69.0 cm³/mol. The minimum absolute atomic E-state index is 0.0666. The maximum Gasteiger partial charge on any atom is 0.265 e. The molecule has 1 atom stereocenters. The van der Waals surface area contributed by atoms with Gasteiger partial charge in [-0.2, -0.15) is 8.42 Å². The number of nitrogens with one attached hydrogen (secondary N) is 1. The molecule has 102 valence electrons. The zero-order valence-electron chi connectivity index (χ0n) is 10.3. The Morgan fingerprint density at radius 3 is 2.84 bits per heavy atom. The van der Waals surface area contributed by atoms with Gasteiger partial charge in [-0.15, -0.1) is 0 Å². The molecule has 0 aliphatic heterocycles. The summed E-state index contributed by atoms with van der Waals surface area (Å²) >= 11 is 0. The van der Waals surface area contributed by atoms with Gasteiger partial charge in [0.1, 0.15) is 18.4 Å². The summed E-state index contributed by atoms with van der Waals surface area (Å²) in [7, 11) is -3.95. The van der Waals surface area contributed by atoms with E-state index in [4.69, 9.17) is 4.55 Å². The van der Waals surface area contributed by atoms with E-state index in [9.17, 15) is 8.42 Å². The minimum atomic E-state index is -3.95. The summed E-state index contributed by atoms with van der Waals surface area (Å²) in [6, 6.07) is 5.56. The number of hydrogen-bond donors (Lipinski definition) is 2. The third-order valence-corrected chi connectivity index (χ3v) is 3.62. The number of hydrogen-bond acceptors (Lipinski definition) is 3. The average molecular weight is 282 g/mol. The standard InChI is InChI=1S/C12H15N3O3S/c16-19(17,18)8-4-12(15-7-6-13-10-15)9-11-3-1-2-5-14-11/h1-3,5-7,10,12H,4,8-9H2,(H,16,17,18)/p+1. The molecule has 1 unspecified atom stereocenters. The fourth-order valence-corrected chi connectivity index (χ4v) is 2.50. The molecule has 2 aromatic rings. The number of imidazole rings is 1. The lowest BCUT2D eigenvalue weighted by Gasteiger charge is -2.12. The van der Waals surface area contributed by atoms with Crippen LogP contribution in [0.1, 0.15) is 18.2 Å². The quantitative estimate of drug-likeness (QED) is 0.605. The number of rotatable bonds is 6. The molecule has 0 fully saturated rings. The first-order valence-electron chi connectivity index (χ1n) is 5.93. The Kier molecular flexibility index (Phi) is 4.28. The summed E-state index contributed by atoms with van der Waals surface area (Å²) < 4.78 is 32.5. The van der Waals surface area contributed by atoms with Crippen molar-refractivity contribution in [1.82, 2.24) is 9.97 Å². The van der Waals surface area contributed by atoms with Crippen molar-refractivity contribution in [2.75, 3.05) is 5.75 Å². The highest BCUT2D eigenvalue weighted by Gasteiger charge is 2.19. The van der Waals surface area contributed by atoms with Crippen LogP contribution in [-0.4, -0.2) is 28.7 Å². The van der Waals surface area contributed by atoms with Crippen molar-refractivity contribution in [3.8, 4) is 0 Å². The second kappa shape index (κ2) is 5.94. The van der Waals surface area contributed by atoms with E-state index in [-0.39, 0.29) is 11.8 Å². The predicted octanol–water partition coefficient (Wildman–Crippen LogP) is 0.759. The molecule has 2 rings (SSSR count). The normalized spacial score (nSPS) is 13.3. The molecular formula is C12H16N3O3S+. The SMILES string of the molecule is O=S(=O)(O)CCC(Cc1ccccn1)[n+]1cc[nH]c1. The zero-order valence-corrected chi connectivity index (χ0v) is 11.1. The molecule has 7 heteroatoms. The van der Waals surface area contributed by atoms with Crippen LogP contribution in [0.3, 0.4) is 0 Å². The number of nitrogens with zero attached hydrogens (tertiary/aromatic N) is 2. The van der Waals surface area contributed by atoms with E-state index in [2.05, 4.69) is 9.97 Å². The second-order valence-corrected chi connectivity index (χ2v) is 5.88. The van der Waals surface area contributed by atoms with E-state index in [1.807, 2.05) is 29.0 Å². The molecular weight excluding hydrogens is 266 g/mol. The smallest absolute Gasteiger partial charge is 0.265 e. The summed E-state index contributed by atoms with van der Waals surface area (Å²) in [6.07, 6.45) is 8.00. The first-order valence-corrected chi connectivity index (χ1v) is 7.54. The number of aromatic nitrogens is 3. The molecule has 19 heavy (non-hydrogen) atoms. The number of aromatic amines is 1. The maximum atomic E-state index is 10.9. The van der Waals surface area contributed by atoms with E-state index in [1.165, 1.54) is 0 Å². The molecule has 0 amide bonds. The fraction of sp³-hybridized carbons (Fsp3) is 0.333. The fourth-order valence-electron chi connectivity index (χ4n) is 1.93. The van der Waals surface area contributed by atoms with Crippen LogP contribution in [-0.2, 0) is 16.5 Å². The van der Waals surface area contributed by atoms with Crippen LogP contribution in [0.4, 0.5) is 0 Å². The van der Waals surface area contributed by atoms with Crippen LogP contribution >= 0.6 is 0 Å². The Morgan fingerprint density at radius 1 is 1.42 bits per heavy atom. The Hall–Kier alpha value is -1.73. The van der Waals surface area contributed by atoms with Gasteiger partial charge >= 0.3 is 0 Å². The highest BCUT2D eigenvalue weighted by atomic mass is 32.2.